The Balaban J connectivity index is 1.91. The van der Waals surface area contributed by atoms with Crippen LogP contribution in [0.2, 0.25) is 15.1 Å². The molecule has 3 rings (SSSR count). The third-order valence-electron chi connectivity index (χ3n) is 4.59. The molecule has 0 spiro atoms. The number of benzene rings is 3. The summed E-state index contributed by atoms with van der Waals surface area (Å²) in [5.41, 5.74) is 1.85. The van der Waals surface area contributed by atoms with Crippen molar-refractivity contribution in [1.82, 2.24) is 4.31 Å². The molecule has 1 N–H and O–H groups in total. The van der Waals surface area contributed by atoms with E-state index < -0.39 is 22.5 Å². The van der Waals surface area contributed by atoms with Crippen molar-refractivity contribution < 1.29 is 13.2 Å². The summed E-state index contributed by atoms with van der Waals surface area (Å²) in [7, 11) is -4.01. The van der Waals surface area contributed by atoms with Gasteiger partial charge in [0.25, 0.3) is 0 Å². The maximum Gasteiger partial charge on any atom is 0.243 e. The molecule has 0 heterocycles. The number of amides is 1. The van der Waals surface area contributed by atoms with E-state index in [-0.39, 0.29) is 11.4 Å². The van der Waals surface area contributed by atoms with Gasteiger partial charge in [0.1, 0.15) is 0 Å². The number of carbonyl (C=O) groups is 1. The van der Waals surface area contributed by atoms with Crippen LogP contribution < -0.4 is 5.32 Å². The molecule has 168 valence electrons. The van der Waals surface area contributed by atoms with E-state index in [1.165, 1.54) is 18.2 Å². The summed E-state index contributed by atoms with van der Waals surface area (Å²) in [6.07, 6.45) is 0. The Morgan fingerprint density at radius 2 is 1.66 bits per heavy atom. The van der Waals surface area contributed by atoms with E-state index >= 15 is 0 Å². The number of aryl methyl sites for hydroxylation is 1. The van der Waals surface area contributed by atoms with E-state index in [4.69, 9.17) is 34.8 Å². The van der Waals surface area contributed by atoms with E-state index in [0.29, 0.717) is 26.3 Å². The fraction of sp³-hybridized carbons (Fsp3) is 0.136. The number of nitrogens with one attached hydrogen (secondary N) is 1. The molecule has 0 bridgehead atoms. The minimum Gasteiger partial charge on any atom is -0.325 e. The molecule has 0 aliphatic rings. The maximum absolute atomic E-state index is 13.4. The second kappa shape index (κ2) is 10.5. The van der Waals surface area contributed by atoms with Gasteiger partial charge in [-0.1, -0.05) is 62.9 Å². The molecule has 5 nitrogen and oxygen atoms in total. The Morgan fingerprint density at radius 1 is 0.969 bits per heavy atom. The van der Waals surface area contributed by atoms with Crippen molar-refractivity contribution in [2.75, 3.05) is 11.9 Å². The predicted octanol–water partition coefficient (Wildman–Crippen LogP) is 6.55. The third-order valence-corrected chi connectivity index (χ3v) is 7.92. The summed E-state index contributed by atoms with van der Waals surface area (Å²) in [6.45, 7) is 1.30. The topological polar surface area (TPSA) is 66.5 Å². The van der Waals surface area contributed by atoms with Crippen molar-refractivity contribution in [1.29, 1.82) is 0 Å². The monoisotopic (exact) mass is 574 g/mol. The lowest BCUT2D eigenvalue weighted by molar-refractivity contribution is -0.116. The van der Waals surface area contributed by atoms with Crippen LogP contribution in [0.3, 0.4) is 0 Å². The van der Waals surface area contributed by atoms with Crippen LogP contribution in [-0.4, -0.2) is 25.2 Å². The van der Waals surface area contributed by atoms with Crippen LogP contribution in [0.5, 0.6) is 0 Å². The van der Waals surface area contributed by atoms with Crippen LogP contribution in [0, 0.1) is 6.92 Å². The lowest BCUT2D eigenvalue weighted by atomic mass is 10.2. The highest BCUT2D eigenvalue weighted by Crippen LogP contribution is 2.26. The minimum atomic E-state index is -4.01. The number of carbonyl (C=O) groups excluding carboxylic acids is 1. The van der Waals surface area contributed by atoms with Gasteiger partial charge in [-0.25, -0.2) is 8.42 Å². The van der Waals surface area contributed by atoms with Gasteiger partial charge in [-0.15, -0.1) is 0 Å². The maximum atomic E-state index is 13.4. The van der Waals surface area contributed by atoms with Crippen molar-refractivity contribution in [3.63, 3.8) is 0 Å². The second-order valence-electron chi connectivity index (χ2n) is 6.97. The zero-order valence-corrected chi connectivity index (χ0v) is 21.5. The van der Waals surface area contributed by atoms with Crippen molar-refractivity contribution >= 4 is 72.4 Å². The Bertz CT molecular complexity index is 1250. The largest absolute Gasteiger partial charge is 0.325 e. The zero-order valence-electron chi connectivity index (χ0n) is 16.8. The van der Waals surface area contributed by atoms with Gasteiger partial charge in [0.2, 0.25) is 15.9 Å². The second-order valence-corrected chi connectivity index (χ2v) is 11.1. The molecule has 0 atom stereocenters. The van der Waals surface area contributed by atoms with Crippen LogP contribution in [0.4, 0.5) is 5.69 Å². The van der Waals surface area contributed by atoms with E-state index in [9.17, 15) is 13.2 Å². The highest BCUT2D eigenvalue weighted by molar-refractivity contribution is 9.10. The molecule has 0 aliphatic heterocycles. The van der Waals surface area contributed by atoms with Crippen molar-refractivity contribution in [2.45, 2.75) is 18.4 Å². The van der Waals surface area contributed by atoms with Crippen LogP contribution in [0.25, 0.3) is 0 Å². The number of nitrogens with zero attached hydrogens (tertiary/aromatic N) is 1. The summed E-state index contributed by atoms with van der Waals surface area (Å²) < 4.78 is 28.5. The zero-order chi connectivity index (χ0) is 23.5. The van der Waals surface area contributed by atoms with E-state index in [1.807, 2.05) is 6.92 Å². The van der Waals surface area contributed by atoms with Crippen LogP contribution >= 0.6 is 50.7 Å². The average molecular weight is 577 g/mol. The molecule has 0 radical (unpaired) electrons. The smallest absolute Gasteiger partial charge is 0.243 e. The first-order valence-electron chi connectivity index (χ1n) is 9.32. The SMILES string of the molecule is Cc1ccc(NC(=O)CN(Cc2ccc(Cl)cc2Cl)S(=O)(=O)c2ccc(Br)cc2)cc1Cl. The van der Waals surface area contributed by atoms with Gasteiger partial charge >= 0.3 is 0 Å². The molecule has 0 aliphatic carbocycles. The first-order chi connectivity index (χ1) is 15.1. The van der Waals surface area contributed by atoms with Gasteiger partial charge in [-0.05, 0) is 66.6 Å². The number of rotatable bonds is 7. The lowest BCUT2D eigenvalue weighted by Crippen LogP contribution is -2.37. The summed E-state index contributed by atoms with van der Waals surface area (Å²) in [4.78, 5) is 12.8. The molecular formula is C22H18BrCl3N2O3S. The first kappa shape index (κ1) is 25.0. The normalized spacial score (nSPS) is 11.6. The predicted molar refractivity (Wildman–Crippen MR) is 133 cm³/mol. The molecular weight excluding hydrogens is 559 g/mol. The lowest BCUT2D eigenvalue weighted by Gasteiger charge is -2.22. The number of hydrogen-bond donors (Lipinski definition) is 1. The van der Waals surface area contributed by atoms with Crippen LogP contribution in [0.1, 0.15) is 11.1 Å². The fourth-order valence-electron chi connectivity index (χ4n) is 2.85. The molecule has 0 fully saturated rings. The van der Waals surface area contributed by atoms with Gasteiger partial charge < -0.3 is 5.32 Å². The van der Waals surface area contributed by atoms with Gasteiger partial charge in [-0.2, -0.15) is 4.31 Å². The Kier molecular flexibility index (Phi) is 8.25. The van der Waals surface area contributed by atoms with Gasteiger partial charge in [0, 0.05) is 31.8 Å². The first-order valence-corrected chi connectivity index (χ1v) is 12.7. The van der Waals surface area contributed by atoms with Crippen LogP contribution in [0.15, 0.2) is 70.0 Å². The van der Waals surface area contributed by atoms with Gasteiger partial charge in [0.15, 0.2) is 0 Å². The molecule has 0 aromatic heterocycles. The van der Waals surface area contributed by atoms with Gasteiger partial charge in [0.05, 0.1) is 11.4 Å². The molecule has 0 saturated heterocycles. The highest BCUT2D eigenvalue weighted by atomic mass is 79.9. The van der Waals surface area contributed by atoms with E-state index in [0.717, 1.165) is 14.3 Å². The number of halogens is 4. The highest BCUT2D eigenvalue weighted by Gasteiger charge is 2.27. The molecule has 3 aromatic rings. The summed E-state index contributed by atoms with van der Waals surface area (Å²) in [5, 5.41) is 3.92. The van der Waals surface area contributed by atoms with Gasteiger partial charge in [-0.3, -0.25) is 4.79 Å². The Hall–Kier alpha value is -1.61. The number of sulfonamides is 1. The standard InChI is InChI=1S/C22H18BrCl3N2O3S/c1-14-2-7-18(11-20(14)25)27-22(29)13-28(12-15-3-6-17(24)10-21(15)26)32(30,31)19-8-4-16(23)5-9-19/h2-11H,12-13H2,1H3,(H,27,29). The van der Waals surface area contributed by atoms with Crippen LogP contribution in [-0.2, 0) is 21.4 Å². The molecule has 0 unspecified atom stereocenters. The fourth-order valence-corrected chi connectivity index (χ4v) is 5.14. The Morgan fingerprint density at radius 3 is 2.28 bits per heavy atom. The molecule has 0 saturated carbocycles. The molecule has 1 amide bonds. The summed E-state index contributed by atoms with van der Waals surface area (Å²) in [5.74, 6) is -0.518. The minimum absolute atomic E-state index is 0.0527. The average Bonchev–Trinajstić information content (AvgIpc) is 2.72. The molecule has 10 heteroatoms. The number of hydrogen-bond acceptors (Lipinski definition) is 3. The van der Waals surface area contributed by atoms with E-state index in [2.05, 4.69) is 21.2 Å². The van der Waals surface area contributed by atoms with E-state index in [1.54, 1.807) is 42.5 Å². The molecule has 3 aromatic carbocycles. The number of anilines is 1. The third kappa shape index (κ3) is 6.25. The summed E-state index contributed by atoms with van der Waals surface area (Å²) in [6, 6.07) is 16.0. The van der Waals surface area contributed by atoms with Crippen molar-refractivity contribution in [2.24, 2.45) is 0 Å². The molecule has 32 heavy (non-hydrogen) atoms. The van der Waals surface area contributed by atoms with Crippen molar-refractivity contribution in [3.05, 3.63) is 91.3 Å². The summed E-state index contributed by atoms with van der Waals surface area (Å²) >= 11 is 21.6. The van der Waals surface area contributed by atoms with Crippen molar-refractivity contribution in [3.8, 4) is 0 Å². The quantitative estimate of drug-likeness (QED) is 0.347. The Labute approximate surface area is 210 Å².